The molecule has 2 aliphatic heterocycles. The number of likely N-dealkylation sites (tertiary alicyclic amines) is 1. The number of fused-ring (bicyclic) bond motifs is 4. The fraction of sp³-hybridized carbons (Fsp3) is 0.429. The van der Waals surface area contributed by atoms with E-state index in [9.17, 15) is 14.7 Å². The van der Waals surface area contributed by atoms with E-state index < -0.39 is 29.4 Å². The van der Waals surface area contributed by atoms with Crippen LogP contribution in [0.1, 0.15) is 24.8 Å². The van der Waals surface area contributed by atoms with Crippen LogP contribution in [0, 0.1) is 5.92 Å². The zero-order valence-electron chi connectivity index (χ0n) is 11.1. The maximum atomic E-state index is 12.3. The molecule has 6 heteroatoms. The molecule has 0 spiro atoms. The van der Waals surface area contributed by atoms with Crippen LogP contribution in [0.5, 0.6) is 5.75 Å². The molecule has 1 amide bonds. The van der Waals surface area contributed by atoms with E-state index >= 15 is 0 Å². The van der Waals surface area contributed by atoms with E-state index in [2.05, 4.69) is 0 Å². The second-order valence-electron chi connectivity index (χ2n) is 5.48. The number of benzene rings is 1. The highest BCUT2D eigenvalue weighted by Gasteiger charge is 2.55. The van der Waals surface area contributed by atoms with Crippen LogP contribution >= 0.6 is 11.6 Å². The van der Waals surface area contributed by atoms with E-state index in [0.29, 0.717) is 22.8 Å². The number of carboxylic acids is 1. The fourth-order valence-corrected chi connectivity index (χ4v) is 3.27. The molecule has 1 fully saturated rings. The Kier molecular flexibility index (Phi) is 2.73. The molecule has 2 aliphatic rings. The minimum absolute atomic E-state index is 0.413. The summed E-state index contributed by atoms with van der Waals surface area (Å²) in [7, 11) is 1.58. The molecule has 3 unspecified atom stereocenters. The molecule has 1 N–H and O–H groups in total. The fourth-order valence-electron chi connectivity index (χ4n) is 3.09. The van der Waals surface area contributed by atoms with Crippen LogP contribution in [0.2, 0.25) is 5.02 Å². The van der Waals surface area contributed by atoms with Gasteiger partial charge in [0.05, 0.1) is 0 Å². The Morgan fingerprint density at radius 1 is 1.55 bits per heavy atom. The van der Waals surface area contributed by atoms with Gasteiger partial charge in [0.2, 0.25) is 5.91 Å². The number of nitrogens with zero attached hydrogens (tertiary/aromatic N) is 1. The van der Waals surface area contributed by atoms with E-state index in [1.807, 2.05) is 0 Å². The van der Waals surface area contributed by atoms with Gasteiger partial charge in [-0.15, -0.1) is 0 Å². The molecule has 0 aromatic heterocycles. The molecular formula is C14H14ClNO4. The first-order valence-corrected chi connectivity index (χ1v) is 6.70. The van der Waals surface area contributed by atoms with Crippen molar-refractivity contribution in [2.75, 3.05) is 7.05 Å². The molecule has 3 atom stereocenters. The average molecular weight is 296 g/mol. The van der Waals surface area contributed by atoms with Crippen LogP contribution in [-0.2, 0) is 9.59 Å². The summed E-state index contributed by atoms with van der Waals surface area (Å²) in [5.41, 5.74) is -0.113. The minimum Gasteiger partial charge on any atom is -0.481 e. The van der Waals surface area contributed by atoms with E-state index in [-0.39, 0.29) is 0 Å². The van der Waals surface area contributed by atoms with Gasteiger partial charge < -0.3 is 14.7 Å². The van der Waals surface area contributed by atoms with Crippen molar-refractivity contribution in [1.82, 2.24) is 4.90 Å². The van der Waals surface area contributed by atoms with Crippen molar-refractivity contribution in [3.05, 3.63) is 28.8 Å². The van der Waals surface area contributed by atoms with Crippen molar-refractivity contribution in [1.29, 1.82) is 0 Å². The topological polar surface area (TPSA) is 66.8 Å². The number of piperidine rings is 1. The van der Waals surface area contributed by atoms with Gasteiger partial charge in [-0.05, 0) is 25.1 Å². The Bertz CT molecular complexity index is 617. The molecule has 1 saturated heterocycles. The molecular weight excluding hydrogens is 282 g/mol. The first-order valence-electron chi connectivity index (χ1n) is 6.32. The molecule has 20 heavy (non-hydrogen) atoms. The lowest BCUT2D eigenvalue weighted by molar-refractivity contribution is -0.176. The zero-order chi connectivity index (χ0) is 14.7. The standard InChI is InChI=1S/C14H14ClNO4/c1-14-6-9(11(13(18)19)12(17)16(14)2)8-5-7(15)3-4-10(8)20-14/h3-5,9,11H,6H2,1-2H3,(H,18,19). The number of carboxylic acid groups (broad SMARTS) is 1. The van der Waals surface area contributed by atoms with Gasteiger partial charge in [-0.25, -0.2) is 0 Å². The average Bonchev–Trinajstić information content (AvgIpc) is 2.37. The summed E-state index contributed by atoms with van der Waals surface area (Å²) >= 11 is 5.98. The number of amides is 1. The number of aliphatic carboxylic acids is 1. The number of rotatable bonds is 1. The molecule has 5 nitrogen and oxygen atoms in total. The van der Waals surface area contributed by atoms with Crippen molar-refractivity contribution in [3.63, 3.8) is 0 Å². The van der Waals surface area contributed by atoms with Crippen LogP contribution in [-0.4, -0.2) is 34.7 Å². The van der Waals surface area contributed by atoms with Gasteiger partial charge in [0.25, 0.3) is 0 Å². The third-order valence-corrected chi connectivity index (χ3v) is 4.51. The smallest absolute Gasteiger partial charge is 0.316 e. The van der Waals surface area contributed by atoms with Crippen LogP contribution in [0.3, 0.4) is 0 Å². The molecule has 1 aromatic rings. The number of halogens is 1. The summed E-state index contributed by atoms with van der Waals surface area (Å²) < 4.78 is 5.91. The van der Waals surface area contributed by atoms with E-state index in [1.165, 1.54) is 4.90 Å². The van der Waals surface area contributed by atoms with Crippen LogP contribution in [0.25, 0.3) is 0 Å². The van der Waals surface area contributed by atoms with Gasteiger partial charge in [0.1, 0.15) is 11.7 Å². The number of hydrogen-bond acceptors (Lipinski definition) is 3. The van der Waals surface area contributed by atoms with Gasteiger partial charge in [-0.2, -0.15) is 0 Å². The van der Waals surface area contributed by atoms with Gasteiger partial charge in [-0.3, -0.25) is 9.59 Å². The Balaban J connectivity index is 2.19. The minimum atomic E-state index is -1.11. The van der Waals surface area contributed by atoms with Gasteiger partial charge >= 0.3 is 5.97 Å². The highest BCUT2D eigenvalue weighted by atomic mass is 35.5. The Morgan fingerprint density at radius 2 is 2.25 bits per heavy atom. The summed E-state index contributed by atoms with van der Waals surface area (Å²) in [6, 6.07) is 5.11. The Labute approximate surface area is 121 Å². The first kappa shape index (κ1) is 13.2. The monoisotopic (exact) mass is 295 g/mol. The molecule has 0 radical (unpaired) electrons. The lowest BCUT2D eigenvalue weighted by atomic mass is 9.74. The maximum Gasteiger partial charge on any atom is 0.316 e. The third-order valence-electron chi connectivity index (χ3n) is 4.27. The highest BCUT2D eigenvalue weighted by molar-refractivity contribution is 6.30. The molecule has 106 valence electrons. The predicted octanol–water partition coefficient (Wildman–Crippen LogP) is 2.10. The predicted molar refractivity (Wildman–Crippen MR) is 71.7 cm³/mol. The van der Waals surface area contributed by atoms with Gasteiger partial charge in [0.15, 0.2) is 5.72 Å². The Morgan fingerprint density at radius 3 is 2.90 bits per heavy atom. The summed E-state index contributed by atoms with van der Waals surface area (Å²) in [5, 5.41) is 9.90. The number of hydrogen-bond donors (Lipinski definition) is 1. The first-order chi connectivity index (χ1) is 9.33. The van der Waals surface area contributed by atoms with Crippen LogP contribution < -0.4 is 4.74 Å². The second kappa shape index (κ2) is 4.12. The molecule has 1 aromatic carbocycles. The van der Waals surface area contributed by atoms with Gasteiger partial charge in [0, 0.05) is 30.0 Å². The van der Waals surface area contributed by atoms with Crippen molar-refractivity contribution in [2.24, 2.45) is 5.92 Å². The van der Waals surface area contributed by atoms with Crippen LogP contribution in [0.15, 0.2) is 18.2 Å². The molecule has 0 saturated carbocycles. The van der Waals surface area contributed by atoms with Crippen molar-refractivity contribution < 1.29 is 19.4 Å². The molecule has 3 rings (SSSR count). The van der Waals surface area contributed by atoms with Crippen molar-refractivity contribution in [2.45, 2.75) is 25.0 Å². The summed E-state index contributed by atoms with van der Waals surface area (Å²) in [6.45, 7) is 1.80. The van der Waals surface area contributed by atoms with E-state index in [1.54, 1.807) is 32.2 Å². The van der Waals surface area contributed by atoms with Crippen LogP contribution in [0.4, 0.5) is 0 Å². The molecule has 2 heterocycles. The quantitative estimate of drug-likeness (QED) is 0.806. The largest absolute Gasteiger partial charge is 0.481 e. The van der Waals surface area contributed by atoms with E-state index in [4.69, 9.17) is 16.3 Å². The zero-order valence-corrected chi connectivity index (χ0v) is 11.8. The van der Waals surface area contributed by atoms with E-state index in [0.717, 1.165) is 0 Å². The second-order valence-corrected chi connectivity index (χ2v) is 5.92. The third kappa shape index (κ3) is 1.69. The number of ether oxygens (including phenoxy) is 1. The normalized spacial score (nSPS) is 31.6. The van der Waals surface area contributed by atoms with Crippen molar-refractivity contribution >= 4 is 23.5 Å². The summed E-state index contributed by atoms with van der Waals surface area (Å²) in [6.07, 6.45) is 0.444. The SMILES string of the molecule is CN1C(=O)C(C(=O)O)C2CC1(C)Oc1ccc(Cl)cc12. The van der Waals surface area contributed by atoms with Gasteiger partial charge in [-0.1, -0.05) is 11.6 Å². The Hall–Kier alpha value is -1.75. The highest BCUT2D eigenvalue weighted by Crippen LogP contribution is 2.50. The summed E-state index contributed by atoms with van der Waals surface area (Å²) in [4.78, 5) is 25.2. The lowest BCUT2D eigenvalue weighted by Gasteiger charge is -2.51. The lowest BCUT2D eigenvalue weighted by Crippen LogP contribution is -2.62. The summed E-state index contributed by atoms with van der Waals surface area (Å²) in [5.74, 6) is -2.44. The number of carbonyl (C=O) groups is 2. The van der Waals surface area contributed by atoms with Crippen molar-refractivity contribution in [3.8, 4) is 5.75 Å². The molecule has 2 bridgehead atoms. The maximum absolute atomic E-state index is 12.3. The molecule has 0 aliphatic carbocycles. The number of carbonyl (C=O) groups excluding carboxylic acids is 1.